The average molecular weight is 259 g/mol. The third kappa shape index (κ3) is 4.44. The van der Waals surface area contributed by atoms with Crippen LogP contribution in [0, 0.1) is 5.82 Å². The van der Waals surface area contributed by atoms with E-state index in [2.05, 4.69) is 0 Å². The number of halogens is 1. The third-order valence-corrected chi connectivity index (χ3v) is 3.73. The maximum Gasteiger partial charge on any atom is 0.147 e. The molecule has 1 aromatic rings. The minimum atomic E-state index is -2.99. The SMILES string of the molecule is CC(N)(CCCS(C)(=O)=O)c1ccccc1F. The molecule has 0 aliphatic heterocycles. The molecule has 0 radical (unpaired) electrons. The van der Waals surface area contributed by atoms with Gasteiger partial charge in [0.2, 0.25) is 0 Å². The van der Waals surface area contributed by atoms with Gasteiger partial charge >= 0.3 is 0 Å². The van der Waals surface area contributed by atoms with Crippen LogP contribution in [-0.2, 0) is 15.4 Å². The van der Waals surface area contributed by atoms with Gasteiger partial charge in [-0.25, -0.2) is 12.8 Å². The molecule has 0 saturated carbocycles. The fraction of sp³-hybridized carbons (Fsp3) is 0.500. The number of rotatable bonds is 5. The van der Waals surface area contributed by atoms with Crippen LogP contribution < -0.4 is 5.73 Å². The van der Waals surface area contributed by atoms with Crippen molar-refractivity contribution in [3.05, 3.63) is 35.6 Å². The topological polar surface area (TPSA) is 60.2 Å². The van der Waals surface area contributed by atoms with E-state index in [1.807, 2.05) is 0 Å². The van der Waals surface area contributed by atoms with E-state index in [9.17, 15) is 12.8 Å². The van der Waals surface area contributed by atoms with Gasteiger partial charge in [-0.1, -0.05) is 18.2 Å². The van der Waals surface area contributed by atoms with Gasteiger partial charge in [0, 0.05) is 23.1 Å². The van der Waals surface area contributed by atoms with Gasteiger partial charge in [0.1, 0.15) is 15.7 Å². The minimum absolute atomic E-state index is 0.0776. The van der Waals surface area contributed by atoms with E-state index in [1.165, 1.54) is 12.3 Å². The Morgan fingerprint density at radius 1 is 1.35 bits per heavy atom. The molecule has 0 amide bonds. The second-order valence-electron chi connectivity index (χ2n) is 4.63. The van der Waals surface area contributed by atoms with Gasteiger partial charge in [-0.05, 0) is 25.8 Å². The number of hydrogen-bond donors (Lipinski definition) is 1. The Morgan fingerprint density at radius 3 is 2.47 bits per heavy atom. The van der Waals surface area contributed by atoms with Crippen LogP contribution in [0.5, 0.6) is 0 Å². The van der Waals surface area contributed by atoms with Crippen molar-refractivity contribution in [1.82, 2.24) is 0 Å². The normalized spacial score (nSPS) is 15.5. The van der Waals surface area contributed by atoms with Crippen molar-refractivity contribution in [3.63, 3.8) is 0 Å². The van der Waals surface area contributed by atoms with E-state index in [-0.39, 0.29) is 11.6 Å². The summed E-state index contributed by atoms with van der Waals surface area (Å²) in [5, 5.41) is 0. The van der Waals surface area contributed by atoms with Gasteiger partial charge in [0.25, 0.3) is 0 Å². The summed E-state index contributed by atoms with van der Waals surface area (Å²) in [6.45, 7) is 1.72. The predicted molar refractivity (Wildman–Crippen MR) is 66.9 cm³/mol. The Kier molecular flexibility index (Phi) is 4.27. The molecule has 0 bridgehead atoms. The van der Waals surface area contributed by atoms with Gasteiger partial charge in [0.05, 0.1) is 0 Å². The zero-order valence-corrected chi connectivity index (χ0v) is 10.9. The Bertz CT molecular complexity index is 483. The minimum Gasteiger partial charge on any atom is -0.322 e. The highest BCUT2D eigenvalue weighted by Gasteiger charge is 2.24. The molecule has 1 rings (SSSR count). The molecule has 0 aliphatic carbocycles. The van der Waals surface area contributed by atoms with Crippen LogP contribution in [0.1, 0.15) is 25.3 Å². The fourth-order valence-corrected chi connectivity index (χ4v) is 2.43. The van der Waals surface area contributed by atoms with Crippen molar-refractivity contribution < 1.29 is 12.8 Å². The number of benzene rings is 1. The molecule has 0 aromatic heterocycles. The van der Waals surface area contributed by atoms with Gasteiger partial charge in [-0.15, -0.1) is 0 Å². The Hall–Kier alpha value is -0.940. The van der Waals surface area contributed by atoms with Gasteiger partial charge < -0.3 is 5.73 Å². The molecule has 0 saturated heterocycles. The predicted octanol–water partition coefficient (Wildman–Crippen LogP) is 1.82. The first kappa shape index (κ1) is 14.1. The summed E-state index contributed by atoms with van der Waals surface area (Å²) < 4.78 is 35.6. The lowest BCUT2D eigenvalue weighted by Crippen LogP contribution is -2.34. The van der Waals surface area contributed by atoms with E-state index in [4.69, 9.17) is 5.73 Å². The maximum absolute atomic E-state index is 13.5. The first-order chi connectivity index (χ1) is 7.72. The highest BCUT2D eigenvalue weighted by atomic mass is 32.2. The molecule has 1 unspecified atom stereocenters. The largest absolute Gasteiger partial charge is 0.322 e. The van der Waals surface area contributed by atoms with Crippen molar-refractivity contribution in [2.75, 3.05) is 12.0 Å². The molecular formula is C12H18FNO2S. The zero-order valence-electron chi connectivity index (χ0n) is 10.1. The number of hydrogen-bond acceptors (Lipinski definition) is 3. The Morgan fingerprint density at radius 2 is 1.94 bits per heavy atom. The monoisotopic (exact) mass is 259 g/mol. The highest BCUT2D eigenvalue weighted by molar-refractivity contribution is 7.90. The molecule has 1 atom stereocenters. The highest BCUT2D eigenvalue weighted by Crippen LogP contribution is 2.25. The Labute approximate surface area is 102 Å². The summed E-state index contributed by atoms with van der Waals surface area (Å²) in [5.74, 6) is -0.273. The third-order valence-electron chi connectivity index (χ3n) is 2.70. The van der Waals surface area contributed by atoms with Crippen molar-refractivity contribution >= 4 is 9.84 Å². The molecule has 5 heteroatoms. The molecule has 0 heterocycles. The van der Waals surface area contributed by atoms with E-state index in [1.54, 1.807) is 25.1 Å². The van der Waals surface area contributed by atoms with E-state index in [0.29, 0.717) is 18.4 Å². The molecule has 0 fully saturated rings. The van der Waals surface area contributed by atoms with Crippen LogP contribution in [0.25, 0.3) is 0 Å². The molecular weight excluding hydrogens is 241 g/mol. The van der Waals surface area contributed by atoms with Crippen LogP contribution in [0.3, 0.4) is 0 Å². The van der Waals surface area contributed by atoms with Crippen molar-refractivity contribution in [2.45, 2.75) is 25.3 Å². The van der Waals surface area contributed by atoms with Crippen LogP contribution >= 0.6 is 0 Å². The smallest absolute Gasteiger partial charge is 0.147 e. The van der Waals surface area contributed by atoms with Crippen molar-refractivity contribution in [2.24, 2.45) is 5.73 Å². The van der Waals surface area contributed by atoms with Crippen LogP contribution in [0.15, 0.2) is 24.3 Å². The fourth-order valence-electron chi connectivity index (χ4n) is 1.76. The lowest BCUT2D eigenvalue weighted by molar-refractivity contribution is 0.422. The molecule has 2 N–H and O–H groups in total. The van der Waals surface area contributed by atoms with Gasteiger partial charge in [-0.2, -0.15) is 0 Å². The maximum atomic E-state index is 13.5. The standard InChI is InChI=1S/C12H18FNO2S/c1-12(14,8-5-9-17(2,15)16)10-6-3-4-7-11(10)13/h3-4,6-7H,5,8-9,14H2,1-2H3. The molecule has 96 valence electrons. The van der Waals surface area contributed by atoms with E-state index in [0.717, 1.165) is 0 Å². The first-order valence-corrected chi connectivity index (χ1v) is 7.50. The van der Waals surface area contributed by atoms with Crippen LogP contribution in [0.4, 0.5) is 4.39 Å². The van der Waals surface area contributed by atoms with E-state index < -0.39 is 15.4 Å². The molecule has 0 spiro atoms. The summed E-state index contributed by atoms with van der Waals surface area (Å²) in [6.07, 6.45) is 2.05. The summed E-state index contributed by atoms with van der Waals surface area (Å²) in [7, 11) is -2.99. The summed E-state index contributed by atoms with van der Waals surface area (Å²) in [5.41, 5.74) is 5.62. The van der Waals surface area contributed by atoms with Gasteiger partial charge in [-0.3, -0.25) is 0 Å². The molecule has 0 aliphatic rings. The van der Waals surface area contributed by atoms with Gasteiger partial charge in [0.15, 0.2) is 0 Å². The lowest BCUT2D eigenvalue weighted by atomic mass is 9.88. The second kappa shape index (κ2) is 5.14. The molecule has 17 heavy (non-hydrogen) atoms. The van der Waals surface area contributed by atoms with Crippen molar-refractivity contribution in [1.29, 1.82) is 0 Å². The summed E-state index contributed by atoms with van der Waals surface area (Å²) in [6, 6.07) is 6.32. The quantitative estimate of drug-likeness (QED) is 0.877. The zero-order chi connectivity index (χ0) is 13.1. The summed E-state index contributed by atoms with van der Waals surface area (Å²) in [4.78, 5) is 0. The molecule has 3 nitrogen and oxygen atoms in total. The number of sulfone groups is 1. The van der Waals surface area contributed by atoms with Crippen molar-refractivity contribution in [3.8, 4) is 0 Å². The first-order valence-electron chi connectivity index (χ1n) is 5.44. The number of nitrogens with two attached hydrogens (primary N) is 1. The van der Waals surface area contributed by atoms with Crippen LogP contribution in [0.2, 0.25) is 0 Å². The second-order valence-corrected chi connectivity index (χ2v) is 6.89. The molecule has 1 aromatic carbocycles. The lowest BCUT2D eigenvalue weighted by Gasteiger charge is -2.25. The Balaban J connectivity index is 2.72. The average Bonchev–Trinajstić information content (AvgIpc) is 2.15. The van der Waals surface area contributed by atoms with E-state index >= 15 is 0 Å². The summed E-state index contributed by atoms with van der Waals surface area (Å²) >= 11 is 0. The van der Waals surface area contributed by atoms with Crippen LogP contribution in [-0.4, -0.2) is 20.4 Å².